The van der Waals surface area contributed by atoms with Crippen molar-refractivity contribution in [3.63, 3.8) is 0 Å². The minimum Gasteiger partial charge on any atom is -0.481 e. The molecule has 1 aliphatic carbocycles. The Hall–Kier alpha value is -1.39. The number of ether oxygens (including phenoxy) is 1. The van der Waals surface area contributed by atoms with Crippen LogP contribution in [0.2, 0.25) is 0 Å². The Morgan fingerprint density at radius 3 is 2.58 bits per heavy atom. The van der Waals surface area contributed by atoms with Crippen LogP contribution < -0.4 is 0 Å². The third kappa shape index (κ3) is 2.38. The van der Waals surface area contributed by atoms with Crippen LogP contribution in [0.4, 0.5) is 0 Å². The maximum Gasteiger partial charge on any atom is 0.314 e. The highest BCUT2D eigenvalue weighted by atomic mass is 16.5. The van der Waals surface area contributed by atoms with Crippen LogP contribution in [0.25, 0.3) is 0 Å². The van der Waals surface area contributed by atoms with Gasteiger partial charge in [0.15, 0.2) is 0 Å². The number of carboxylic acids is 1. The summed E-state index contributed by atoms with van der Waals surface area (Å²) in [7, 11) is 0. The molecule has 4 nitrogen and oxygen atoms in total. The Morgan fingerprint density at radius 1 is 1.26 bits per heavy atom. The highest BCUT2D eigenvalue weighted by Gasteiger charge is 2.52. The van der Waals surface area contributed by atoms with Crippen molar-refractivity contribution in [1.29, 1.82) is 0 Å². The standard InChI is InChI=1S/C15H19NO3/c17-14(18)15(5-6-15)13-4-2-1-3-12(13)11-16-7-9-19-10-8-16/h1-4H,5-11H2,(H,17,18). The number of rotatable bonds is 4. The van der Waals surface area contributed by atoms with E-state index in [0.29, 0.717) is 0 Å². The van der Waals surface area contributed by atoms with Gasteiger partial charge in [-0.15, -0.1) is 0 Å². The highest BCUT2D eigenvalue weighted by molar-refractivity contribution is 5.85. The molecule has 1 aliphatic heterocycles. The summed E-state index contributed by atoms with van der Waals surface area (Å²) in [5, 5.41) is 9.45. The van der Waals surface area contributed by atoms with E-state index in [1.807, 2.05) is 18.2 Å². The van der Waals surface area contributed by atoms with Gasteiger partial charge in [0.05, 0.1) is 18.6 Å². The number of benzene rings is 1. The molecular weight excluding hydrogens is 242 g/mol. The van der Waals surface area contributed by atoms with Crippen LogP contribution in [0.3, 0.4) is 0 Å². The van der Waals surface area contributed by atoms with Crippen LogP contribution in [-0.2, 0) is 21.5 Å². The molecular formula is C15H19NO3. The average Bonchev–Trinajstić information content (AvgIpc) is 3.22. The molecule has 1 saturated carbocycles. The van der Waals surface area contributed by atoms with Gasteiger partial charge < -0.3 is 9.84 Å². The van der Waals surface area contributed by atoms with Crippen molar-refractivity contribution in [2.45, 2.75) is 24.8 Å². The van der Waals surface area contributed by atoms with Crippen LogP contribution in [-0.4, -0.2) is 42.3 Å². The monoisotopic (exact) mass is 261 g/mol. The van der Waals surface area contributed by atoms with Crippen LogP contribution >= 0.6 is 0 Å². The molecule has 1 saturated heterocycles. The van der Waals surface area contributed by atoms with Crippen LogP contribution in [0.5, 0.6) is 0 Å². The summed E-state index contributed by atoms with van der Waals surface area (Å²) in [6, 6.07) is 7.99. The topological polar surface area (TPSA) is 49.8 Å². The van der Waals surface area contributed by atoms with Crippen molar-refractivity contribution in [2.75, 3.05) is 26.3 Å². The normalized spacial score (nSPS) is 22.1. The lowest BCUT2D eigenvalue weighted by Crippen LogP contribution is -2.36. The van der Waals surface area contributed by atoms with Gasteiger partial charge in [0.2, 0.25) is 0 Å². The summed E-state index contributed by atoms with van der Waals surface area (Å²) in [4.78, 5) is 13.8. The van der Waals surface area contributed by atoms with Gasteiger partial charge in [0, 0.05) is 19.6 Å². The Kier molecular flexibility index (Phi) is 3.29. The number of carboxylic acid groups (broad SMARTS) is 1. The van der Waals surface area contributed by atoms with Gasteiger partial charge in [0.25, 0.3) is 0 Å². The molecule has 1 aromatic rings. The second kappa shape index (κ2) is 4.94. The Labute approximate surface area is 113 Å². The zero-order valence-electron chi connectivity index (χ0n) is 11.0. The molecule has 1 N–H and O–H groups in total. The Balaban J connectivity index is 1.83. The third-order valence-corrected chi connectivity index (χ3v) is 4.19. The molecule has 2 fully saturated rings. The molecule has 0 unspecified atom stereocenters. The summed E-state index contributed by atoms with van der Waals surface area (Å²) in [5.74, 6) is -0.679. The van der Waals surface area contributed by atoms with Gasteiger partial charge in [-0.05, 0) is 24.0 Å². The van der Waals surface area contributed by atoms with Crippen molar-refractivity contribution >= 4 is 5.97 Å². The molecule has 102 valence electrons. The van der Waals surface area contributed by atoms with E-state index in [2.05, 4.69) is 11.0 Å². The van der Waals surface area contributed by atoms with E-state index >= 15 is 0 Å². The van der Waals surface area contributed by atoms with E-state index in [-0.39, 0.29) is 0 Å². The second-order valence-corrected chi connectivity index (χ2v) is 5.43. The molecule has 0 amide bonds. The molecule has 3 rings (SSSR count). The average molecular weight is 261 g/mol. The molecule has 0 bridgehead atoms. The van der Waals surface area contributed by atoms with E-state index in [1.54, 1.807) is 0 Å². The van der Waals surface area contributed by atoms with Gasteiger partial charge in [-0.2, -0.15) is 0 Å². The summed E-state index contributed by atoms with van der Waals surface area (Å²) < 4.78 is 5.35. The summed E-state index contributed by atoms with van der Waals surface area (Å²) >= 11 is 0. The Bertz CT molecular complexity index is 476. The zero-order chi connectivity index (χ0) is 13.3. The van der Waals surface area contributed by atoms with Crippen molar-refractivity contribution in [3.05, 3.63) is 35.4 Å². The molecule has 19 heavy (non-hydrogen) atoms. The number of hydrogen-bond donors (Lipinski definition) is 1. The maximum absolute atomic E-state index is 11.5. The van der Waals surface area contributed by atoms with Crippen molar-refractivity contribution < 1.29 is 14.6 Å². The zero-order valence-corrected chi connectivity index (χ0v) is 11.0. The quantitative estimate of drug-likeness (QED) is 0.895. The molecule has 0 spiro atoms. The van der Waals surface area contributed by atoms with E-state index < -0.39 is 11.4 Å². The summed E-state index contributed by atoms with van der Waals surface area (Å²) in [6.07, 6.45) is 1.53. The van der Waals surface area contributed by atoms with Crippen LogP contribution in [0.15, 0.2) is 24.3 Å². The SMILES string of the molecule is O=C(O)C1(c2ccccc2CN2CCOCC2)CC1. The highest BCUT2D eigenvalue weighted by Crippen LogP contribution is 2.49. The van der Waals surface area contributed by atoms with Gasteiger partial charge in [-0.1, -0.05) is 24.3 Å². The fourth-order valence-electron chi connectivity index (χ4n) is 2.85. The van der Waals surface area contributed by atoms with Crippen LogP contribution in [0.1, 0.15) is 24.0 Å². The second-order valence-electron chi connectivity index (χ2n) is 5.43. The number of carbonyl (C=O) groups is 1. The summed E-state index contributed by atoms with van der Waals surface area (Å²) in [5.41, 5.74) is 1.56. The van der Waals surface area contributed by atoms with Crippen molar-refractivity contribution in [2.24, 2.45) is 0 Å². The van der Waals surface area contributed by atoms with E-state index in [1.165, 1.54) is 0 Å². The fourth-order valence-corrected chi connectivity index (χ4v) is 2.85. The van der Waals surface area contributed by atoms with E-state index in [0.717, 1.165) is 56.8 Å². The van der Waals surface area contributed by atoms with Gasteiger partial charge >= 0.3 is 5.97 Å². The first kappa shape index (κ1) is 12.6. The maximum atomic E-state index is 11.5. The first-order valence-corrected chi connectivity index (χ1v) is 6.84. The molecule has 4 heteroatoms. The fraction of sp³-hybridized carbons (Fsp3) is 0.533. The minimum atomic E-state index is -0.679. The van der Waals surface area contributed by atoms with Gasteiger partial charge in [-0.25, -0.2) is 0 Å². The lowest BCUT2D eigenvalue weighted by molar-refractivity contribution is -0.140. The Morgan fingerprint density at radius 2 is 1.95 bits per heavy atom. The van der Waals surface area contributed by atoms with Crippen molar-refractivity contribution in [3.8, 4) is 0 Å². The summed E-state index contributed by atoms with van der Waals surface area (Å²) in [6.45, 7) is 4.22. The van der Waals surface area contributed by atoms with Gasteiger partial charge in [0.1, 0.15) is 0 Å². The molecule has 1 aromatic carbocycles. The number of hydrogen-bond acceptors (Lipinski definition) is 3. The smallest absolute Gasteiger partial charge is 0.314 e. The van der Waals surface area contributed by atoms with Gasteiger partial charge in [-0.3, -0.25) is 9.69 Å². The minimum absolute atomic E-state index is 0.608. The lowest BCUT2D eigenvalue weighted by atomic mass is 9.91. The molecule has 1 heterocycles. The third-order valence-electron chi connectivity index (χ3n) is 4.19. The predicted octanol–water partition coefficient (Wildman–Crippen LogP) is 1.64. The predicted molar refractivity (Wildman–Crippen MR) is 71.1 cm³/mol. The molecule has 0 aromatic heterocycles. The van der Waals surface area contributed by atoms with E-state index in [9.17, 15) is 9.90 Å². The number of aliphatic carboxylic acids is 1. The first-order chi connectivity index (χ1) is 9.22. The lowest BCUT2D eigenvalue weighted by Gasteiger charge is -2.28. The van der Waals surface area contributed by atoms with E-state index in [4.69, 9.17) is 4.74 Å². The van der Waals surface area contributed by atoms with Crippen molar-refractivity contribution in [1.82, 2.24) is 4.90 Å². The number of morpholine rings is 1. The largest absolute Gasteiger partial charge is 0.481 e. The molecule has 0 atom stereocenters. The molecule has 0 radical (unpaired) electrons. The molecule has 2 aliphatic rings. The number of nitrogens with zero attached hydrogens (tertiary/aromatic N) is 1. The first-order valence-electron chi connectivity index (χ1n) is 6.84. The van der Waals surface area contributed by atoms with Crippen LogP contribution in [0, 0.1) is 0 Å².